The molecule has 0 N–H and O–H groups in total. The standard InChI is InChI=1S/C33H37FO3Si/c1-22-7-8-27(21-33(22,2)3)29-14-11-24-19-25(12-15-28(24)29)31(35)16-13-23-9-10-26(20-30(23)34)32(36)37-17-18-38(4,5)6/h7-10,12-16,19-20H,11,17-18,21H2,1-6H3/b16-13+. The third kappa shape index (κ3) is 6.39. The van der Waals surface area contributed by atoms with Crippen molar-refractivity contribution in [3.05, 3.63) is 105 Å². The highest BCUT2D eigenvalue weighted by Gasteiger charge is 2.28. The van der Waals surface area contributed by atoms with E-state index >= 15 is 0 Å². The number of rotatable bonds is 8. The quantitative estimate of drug-likeness (QED) is 0.149. The number of benzene rings is 2. The number of hydrogen-bond donors (Lipinski definition) is 0. The zero-order valence-electron chi connectivity index (χ0n) is 23.3. The molecule has 0 bridgehead atoms. The van der Waals surface area contributed by atoms with Gasteiger partial charge in [0.15, 0.2) is 5.78 Å². The van der Waals surface area contributed by atoms with Crippen LogP contribution in [-0.4, -0.2) is 26.4 Å². The van der Waals surface area contributed by atoms with Gasteiger partial charge in [0.1, 0.15) is 5.82 Å². The lowest BCUT2D eigenvalue weighted by Gasteiger charge is -2.31. The highest BCUT2D eigenvalue weighted by Crippen LogP contribution is 2.43. The number of fused-ring (bicyclic) bond motifs is 1. The largest absolute Gasteiger partial charge is 0.462 e. The fourth-order valence-corrected chi connectivity index (χ4v) is 5.41. The molecule has 0 radical (unpaired) electrons. The molecule has 0 spiro atoms. The molecule has 0 saturated heterocycles. The minimum atomic E-state index is -1.32. The summed E-state index contributed by atoms with van der Waals surface area (Å²) in [5, 5.41) is 0. The first-order valence-electron chi connectivity index (χ1n) is 13.2. The second-order valence-electron chi connectivity index (χ2n) is 12.2. The van der Waals surface area contributed by atoms with Crippen LogP contribution in [0.25, 0.3) is 11.6 Å². The molecule has 5 heteroatoms. The van der Waals surface area contributed by atoms with Crippen LogP contribution in [0.3, 0.4) is 0 Å². The van der Waals surface area contributed by atoms with E-state index in [9.17, 15) is 14.0 Å². The van der Waals surface area contributed by atoms with E-state index in [1.165, 1.54) is 52.6 Å². The molecular formula is C33H37FO3Si. The van der Waals surface area contributed by atoms with Crippen LogP contribution >= 0.6 is 0 Å². The van der Waals surface area contributed by atoms with E-state index in [1.54, 1.807) is 0 Å². The maximum absolute atomic E-state index is 14.7. The predicted molar refractivity (Wildman–Crippen MR) is 157 cm³/mol. The summed E-state index contributed by atoms with van der Waals surface area (Å²) in [6.07, 6.45) is 11.3. The molecular weight excluding hydrogens is 491 g/mol. The smallest absolute Gasteiger partial charge is 0.338 e. The van der Waals surface area contributed by atoms with Crippen molar-refractivity contribution in [1.29, 1.82) is 0 Å². The summed E-state index contributed by atoms with van der Waals surface area (Å²) in [7, 11) is -1.32. The Labute approximate surface area is 226 Å². The maximum atomic E-state index is 14.7. The second kappa shape index (κ2) is 10.8. The Morgan fingerprint density at radius 1 is 1.05 bits per heavy atom. The Hall–Kier alpha value is -3.31. The lowest BCUT2D eigenvalue weighted by molar-refractivity contribution is 0.0524. The molecule has 0 saturated carbocycles. The number of esters is 1. The van der Waals surface area contributed by atoms with Gasteiger partial charge in [-0.15, -0.1) is 0 Å². The molecule has 38 heavy (non-hydrogen) atoms. The van der Waals surface area contributed by atoms with Gasteiger partial charge < -0.3 is 4.74 Å². The van der Waals surface area contributed by atoms with Crippen molar-refractivity contribution in [2.75, 3.05) is 6.61 Å². The predicted octanol–water partition coefficient (Wildman–Crippen LogP) is 8.46. The van der Waals surface area contributed by atoms with E-state index in [0.717, 1.165) is 24.4 Å². The number of allylic oxidation sites excluding steroid dienone is 7. The number of ketones is 1. The van der Waals surface area contributed by atoms with Gasteiger partial charge in [0, 0.05) is 19.2 Å². The second-order valence-corrected chi connectivity index (χ2v) is 17.8. The van der Waals surface area contributed by atoms with Crippen LogP contribution in [0.4, 0.5) is 4.39 Å². The Bertz CT molecular complexity index is 1400. The van der Waals surface area contributed by atoms with Crippen molar-refractivity contribution in [2.45, 2.75) is 59.3 Å². The fraction of sp³-hybridized carbons (Fsp3) is 0.333. The third-order valence-electron chi connectivity index (χ3n) is 7.52. The molecule has 0 aliphatic heterocycles. The number of hydrogen-bond acceptors (Lipinski definition) is 3. The van der Waals surface area contributed by atoms with Crippen LogP contribution < -0.4 is 0 Å². The Morgan fingerprint density at radius 3 is 2.47 bits per heavy atom. The first kappa shape index (κ1) is 27.7. The van der Waals surface area contributed by atoms with Crippen LogP contribution in [0, 0.1) is 11.2 Å². The molecule has 0 amide bonds. The summed E-state index contributed by atoms with van der Waals surface area (Å²) in [5.41, 5.74) is 7.41. The minimum Gasteiger partial charge on any atom is -0.462 e. The zero-order chi connectivity index (χ0) is 27.7. The van der Waals surface area contributed by atoms with Gasteiger partial charge in [-0.1, -0.05) is 75.5 Å². The third-order valence-corrected chi connectivity index (χ3v) is 9.23. The topological polar surface area (TPSA) is 43.4 Å². The van der Waals surface area contributed by atoms with Crippen molar-refractivity contribution < 1.29 is 18.7 Å². The van der Waals surface area contributed by atoms with Gasteiger partial charge >= 0.3 is 5.97 Å². The summed E-state index contributed by atoms with van der Waals surface area (Å²) in [6.45, 7) is 13.7. The number of carbonyl (C=O) groups excluding carboxylic acids is 2. The van der Waals surface area contributed by atoms with Crippen LogP contribution in [-0.2, 0) is 11.2 Å². The molecule has 2 aliphatic carbocycles. The zero-order valence-corrected chi connectivity index (χ0v) is 24.3. The number of carbonyl (C=O) groups is 2. The summed E-state index contributed by atoms with van der Waals surface area (Å²) >= 11 is 0. The Kier molecular flexibility index (Phi) is 7.89. The van der Waals surface area contributed by atoms with Gasteiger partial charge in [-0.25, -0.2) is 9.18 Å². The van der Waals surface area contributed by atoms with Crippen LogP contribution in [0.2, 0.25) is 25.7 Å². The lowest BCUT2D eigenvalue weighted by Crippen LogP contribution is -2.22. The van der Waals surface area contributed by atoms with Gasteiger partial charge in [-0.05, 0) is 83.8 Å². The van der Waals surface area contributed by atoms with Crippen molar-refractivity contribution in [3.63, 3.8) is 0 Å². The van der Waals surface area contributed by atoms with Crippen molar-refractivity contribution in [1.82, 2.24) is 0 Å². The lowest BCUT2D eigenvalue weighted by atomic mass is 9.74. The van der Waals surface area contributed by atoms with Gasteiger partial charge in [0.05, 0.1) is 12.2 Å². The molecule has 2 aliphatic rings. The monoisotopic (exact) mass is 528 g/mol. The maximum Gasteiger partial charge on any atom is 0.338 e. The number of ether oxygens (including phenoxy) is 1. The molecule has 2 aromatic rings. The van der Waals surface area contributed by atoms with Crippen molar-refractivity contribution in [2.24, 2.45) is 5.41 Å². The molecule has 198 valence electrons. The number of halogens is 1. The van der Waals surface area contributed by atoms with Crippen molar-refractivity contribution in [3.8, 4) is 0 Å². The van der Waals surface area contributed by atoms with E-state index in [4.69, 9.17) is 4.74 Å². The molecule has 2 aromatic carbocycles. The highest BCUT2D eigenvalue weighted by molar-refractivity contribution is 6.76. The van der Waals surface area contributed by atoms with E-state index in [2.05, 4.69) is 58.6 Å². The highest BCUT2D eigenvalue weighted by atomic mass is 28.3. The van der Waals surface area contributed by atoms with Crippen LogP contribution in [0.15, 0.2) is 71.8 Å². The fourth-order valence-electron chi connectivity index (χ4n) is 4.70. The van der Waals surface area contributed by atoms with Gasteiger partial charge in [0.25, 0.3) is 0 Å². The SMILES string of the molecule is CC1=CC=C(C2=CCc3cc(C(=O)/C=C/c4ccc(C(=O)OCC[Si](C)(C)C)cc4F)ccc32)CC1(C)C. The van der Waals surface area contributed by atoms with E-state index in [-0.39, 0.29) is 22.3 Å². The normalized spacial score (nSPS) is 16.6. The average molecular weight is 529 g/mol. The molecule has 0 heterocycles. The summed E-state index contributed by atoms with van der Waals surface area (Å²) in [4.78, 5) is 25.1. The summed E-state index contributed by atoms with van der Waals surface area (Å²) in [6, 6.07) is 10.9. The molecule has 0 atom stereocenters. The molecule has 3 nitrogen and oxygen atoms in total. The Balaban J connectivity index is 1.42. The van der Waals surface area contributed by atoms with Gasteiger partial charge in [-0.3, -0.25) is 4.79 Å². The average Bonchev–Trinajstić information content (AvgIpc) is 3.27. The minimum absolute atomic E-state index is 0.135. The van der Waals surface area contributed by atoms with Gasteiger partial charge in [-0.2, -0.15) is 0 Å². The molecule has 4 rings (SSSR count). The van der Waals surface area contributed by atoms with Gasteiger partial charge in [0.2, 0.25) is 0 Å². The molecule has 0 aromatic heterocycles. The molecule has 0 unspecified atom stereocenters. The van der Waals surface area contributed by atoms with E-state index in [1.807, 2.05) is 18.2 Å². The van der Waals surface area contributed by atoms with Crippen LogP contribution in [0.5, 0.6) is 0 Å². The van der Waals surface area contributed by atoms with Crippen molar-refractivity contribution >= 4 is 31.5 Å². The molecule has 0 fully saturated rings. The summed E-state index contributed by atoms with van der Waals surface area (Å²) < 4.78 is 20.0. The van der Waals surface area contributed by atoms with Crippen LogP contribution in [0.1, 0.15) is 64.6 Å². The Morgan fingerprint density at radius 2 is 1.79 bits per heavy atom. The first-order valence-corrected chi connectivity index (χ1v) is 17.0. The van der Waals surface area contributed by atoms with E-state index < -0.39 is 19.9 Å². The first-order chi connectivity index (χ1) is 17.8. The van der Waals surface area contributed by atoms with E-state index in [0.29, 0.717) is 12.2 Å². The summed E-state index contributed by atoms with van der Waals surface area (Å²) in [5.74, 6) is -1.28.